The average Bonchev–Trinajstić information content (AvgIpc) is 3.10. The van der Waals surface area contributed by atoms with Gasteiger partial charge in [0.05, 0.1) is 6.26 Å². The highest BCUT2D eigenvalue weighted by Gasteiger charge is 2.11. The van der Waals surface area contributed by atoms with Crippen LogP contribution in [-0.4, -0.2) is 11.8 Å². The van der Waals surface area contributed by atoms with E-state index in [0.29, 0.717) is 17.4 Å². The number of anilines is 2. The van der Waals surface area contributed by atoms with Crippen molar-refractivity contribution >= 4 is 23.2 Å². The van der Waals surface area contributed by atoms with E-state index in [-0.39, 0.29) is 11.3 Å². The maximum Gasteiger partial charge on any atom is 0.291 e. The predicted molar refractivity (Wildman–Crippen MR) is 87.4 cm³/mol. The molecule has 3 rings (SSSR count). The van der Waals surface area contributed by atoms with Gasteiger partial charge in [-0.15, -0.1) is 0 Å². The molecule has 7 heteroatoms. The Morgan fingerprint density at radius 2 is 1.36 bits per heavy atom. The Labute approximate surface area is 141 Å². The Kier molecular flexibility index (Phi) is 4.56. The molecule has 0 radical (unpaired) electrons. The van der Waals surface area contributed by atoms with Crippen molar-refractivity contribution in [2.45, 2.75) is 0 Å². The van der Waals surface area contributed by atoms with Crippen molar-refractivity contribution in [1.29, 1.82) is 0 Å². The van der Waals surface area contributed by atoms with Crippen molar-refractivity contribution in [1.82, 2.24) is 0 Å². The first-order valence-corrected chi connectivity index (χ1v) is 7.23. The topological polar surface area (TPSA) is 71.3 Å². The second-order valence-corrected chi connectivity index (χ2v) is 5.12. The van der Waals surface area contributed by atoms with E-state index in [2.05, 4.69) is 10.6 Å². The van der Waals surface area contributed by atoms with Crippen LogP contribution in [0, 0.1) is 11.6 Å². The van der Waals surface area contributed by atoms with Crippen LogP contribution >= 0.6 is 0 Å². The second kappa shape index (κ2) is 6.96. The molecule has 0 bridgehead atoms. The fourth-order valence-electron chi connectivity index (χ4n) is 2.13. The molecule has 0 fully saturated rings. The van der Waals surface area contributed by atoms with E-state index in [1.165, 1.54) is 12.3 Å². The molecule has 0 aliphatic rings. The summed E-state index contributed by atoms with van der Waals surface area (Å²) in [6.45, 7) is 0. The van der Waals surface area contributed by atoms with Crippen molar-refractivity contribution in [3.8, 4) is 0 Å². The van der Waals surface area contributed by atoms with Crippen LogP contribution in [0.1, 0.15) is 20.9 Å². The molecular weight excluding hydrogens is 330 g/mol. The standard InChI is InChI=1S/C18H12F2N2O3/c19-12-8-11(9-13(20)10-12)17(23)21-14-3-5-15(6-4-14)22-18(24)16-2-1-7-25-16/h1-10H,(H,21,23)(H,22,24). The van der Waals surface area contributed by atoms with Gasteiger partial charge in [0.15, 0.2) is 5.76 Å². The molecule has 0 saturated heterocycles. The van der Waals surface area contributed by atoms with E-state index in [1.807, 2.05) is 0 Å². The van der Waals surface area contributed by atoms with Crippen molar-refractivity contribution in [2.75, 3.05) is 10.6 Å². The van der Waals surface area contributed by atoms with Crippen LogP contribution in [0.2, 0.25) is 0 Å². The zero-order valence-corrected chi connectivity index (χ0v) is 12.8. The van der Waals surface area contributed by atoms with Gasteiger partial charge in [0.1, 0.15) is 11.6 Å². The first kappa shape index (κ1) is 16.4. The average molecular weight is 342 g/mol. The number of nitrogens with one attached hydrogen (secondary N) is 2. The largest absolute Gasteiger partial charge is 0.459 e. The molecule has 1 heterocycles. The second-order valence-electron chi connectivity index (χ2n) is 5.12. The lowest BCUT2D eigenvalue weighted by atomic mass is 10.2. The van der Waals surface area contributed by atoms with Gasteiger partial charge in [-0.1, -0.05) is 0 Å². The number of amides is 2. The number of hydrogen-bond donors (Lipinski definition) is 2. The third-order valence-electron chi connectivity index (χ3n) is 3.27. The number of carbonyl (C=O) groups excluding carboxylic acids is 2. The van der Waals surface area contributed by atoms with Crippen LogP contribution in [-0.2, 0) is 0 Å². The minimum absolute atomic E-state index is 0.132. The highest BCUT2D eigenvalue weighted by Crippen LogP contribution is 2.16. The molecule has 2 aromatic carbocycles. The van der Waals surface area contributed by atoms with E-state index in [9.17, 15) is 18.4 Å². The molecule has 0 atom stereocenters. The van der Waals surface area contributed by atoms with Crippen LogP contribution < -0.4 is 10.6 Å². The number of benzene rings is 2. The maximum atomic E-state index is 13.2. The quantitative estimate of drug-likeness (QED) is 0.751. The summed E-state index contributed by atoms with van der Waals surface area (Å²) in [5.41, 5.74) is 0.773. The third-order valence-corrected chi connectivity index (χ3v) is 3.27. The van der Waals surface area contributed by atoms with Crippen LogP contribution in [0.15, 0.2) is 65.3 Å². The summed E-state index contributed by atoms with van der Waals surface area (Å²) < 4.78 is 31.3. The lowest BCUT2D eigenvalue weighted by Gasteiger charge is -2.08. The molecule has 0 aliphatic carbocycles. The van der Waals surface area contributed by atoms with E-state index in [0.717, 1.165) is 12.1 Å². The van der Waals surface area contributed by atoms with Crippen molar-refractivity contribution in [3.63, 3.8) is 0 Å². The molecule has 3 aromatic rings. The highest BCUT2D eigenvalue weighted by molar-refractivity contribution is 6.05. The first-order valence-electron chi connectivity index (χ1n) is 7.23. The summed E-state index contributed by atoms with van der Waals surface area (Å²) >= 11 is 0. The van der Waals surface area contributed by atoms with Gasteiger partial charge in [0.2, 0.25) is 0 Å². The lowest BCUT2D eigenvalue weighted by molar-refractivity contribution is 0.0994. The highest BCUT2D eigenvalue weighted by atomic mass is 19.1. The van der Waals surface area contributed by atoms with Gasteiger partial charge < -0.3 is 15.1 Å². The number of hydrogen-bond acceptors (Lipinski definition) is 3. The first-order chi connectivity index (χ1) is 12.0. The zero-order chi connectivity index (χ0) is 17.8. The van der Waals surface area contributed by atoms with Crippen molar-refractivity contribution in [2.24, 2.45) is 0 Å². The molecule has 126 valence electrons. The van der Waals surface area contributed by atoms with Crippen LogP contribution in [0.5, 0.6) is 0 Å². The molecule has 2 amide bonds. The number of halogens is 2. The molecule has 0 aliphatic heterocycles. The molecule has 0 saturated carbocycles. The molecule has 2 N–H and O–H groups in total. The van der Waals surface area contributed by atoms with Crippen molar-refractivity contribution in [3.05, 3.63) is 83.8 Å². The van der Waals surface area contributed by atoms with Gasteiger partial charge in [0.25, 0.3) is 11.8 Å². The maximum absolute atomic E-state index is 13.2. The summed E-state index contributed by atoms with van der Waals surface area (Å²) in [4.78, 5) is 23.9. The molecule has 5 nitrogen and oxygen atoms in total. The molecule has 25 heavy (non-hydrogen) atoms. The smallest absolute Gasteiger partial charge is 0.291 e. The van der Waals surface area contributed by atoms with Gasteiger partial charge in [0, 0.05) is 23.0 Å². The molecular formula is C18H12F2N2O3. The minimum Gasteiger partial charge on any atom is -0.459 e. The fourth-order valence-corrected chi connectivity index (χ4v) is 2.13. The lowest BCUT2D eigenvalue weighted by Crippen LogP contribution is -2.13. The Morgan fingerprint density at radius 1 is 0.800 bits per heavy atom. The number of furan rings is 1. The summed E-state index contributed by atoms with van der Waals surface area (Å²) in [6, 6.07) is 11.9. The Hall–Kier alpha value is -3.48. The third kappa shape index (κ3) is 4.08. The van der Waals surface area contributed by atoms with Crippen molar-refractivity contribution < 1.29 is 22.8 Å². The van der Waals surface area contributed by atoms with Crippen LogP contribution in [0.4, 0.5) is 20.2 Å². The van der Waals surface area contributed by atoms with E-state index >= 15 is 0 Å². The Balaban J connectivity index is 1.66. The summed E-state index contributed by atoms with van der Waals surface area (Å²) in [5, 5.41) is 5.14. The summed E-state index contributed by atoms with van der Waals surface area (Å²) in [5.74, 6) is -2.55. The van der Waals surface area contributed by atoms with Gasteiger partial charge in [-0.05, 0) is 48.5 Å². The van der Waals surface area contributed by atoms with Gasteiger partial charge in [-0.2, -0.15) is 0 Å². The van der Waals surface area contributed by atoms with E-state index in [4.69, 9.17) is 4.42 Å². The molecule has 0 unspecified atom stereocenters. The fraction of sp³-hybridized carbons (Fsp3) is 0. The van der Waals surface area contributed by atoms with Gasteiger partial charge in [-0.3, -0.25) is 9.59 Å². The normalized spacial score (nSPS) is 10.3. The van der Waals surface area contributed by atoms with E-state index < -0.39 is 23.4 Å². The van der Waals surface area contributed by atoms with Crippen LogP contribution in [0.3, 0.4) is 0 Å². The summed E-state index contributed by atoms with van der Waals surface area (Å²) in [7, 11) is 0. The van der Waals surface area contributed by atoms with Gasteiger partial charge in [-0.25, -0.2) is 8.78 Å². The molecule has 0 spiro atoms. The zero-order valence-electron chi connectivity index (χ0n) is 12.8. The minimum atomic E-state index is -0.832. The number of carbonyl (C=O) groups is 2. The molecule has 1 aromatic heterocycles. The van der Waals surface area contributed by atoms with E-state index in [1.54, 1.807) is 30.3 Å². The van der Waals surface area contributed by atoms with Gasteiger partial charge >= 0.3 is 0 Å². The Morgan fingerprint density at radius 3 is 1.88 bits per heavy atom. The number of rotatable bonds is 4. The SMILES string of the molecule is O=C(Nc1ccc(NC(=O)c2ccco2)cc1)c1cc(F)cc(F)c1. The summed E-state index contributed by atoms with van der Waals surface area (Å²) in [6.07, 6.45) is 1.39. The Bertz CT molecular complexity index is 886. The van der Waals surface area contributed by atoms with Crippen LogP contribution in [0.25, 0.3) is 0 Å². The monoisotopic (exact) mass is 342 g/mol. The predicted octanol–water partition coefficient (Wildman–Crippen LogP) is 4.06.